The van der Waals surface area contributed by atoms with Crippen molar-refractivity contribution in [3.05, 3.63) is 141 Å². The number of rotatable bonds is 2. The Morgan fingerprint density at radius 3 is 1.72 bits per heavy atom. The fourth-order valence-electron chi connectivity index (χ4n) is 6.42. The summed E-state index contributed by atoms with van der Waals surface area (Å²) in [6.45, 7) is 0. The summed E-state index contributed by atoms with van der Waals surface area (Å²) in [5, 5.41) is 5.16. The molecule has 6 aromatic carbocycles. The van der Waals surface area contributed by atoms with Gasteiger partial charge in [0, 0.05) is 0 Å². The van der Waals surface area contributed by atoms with Crippen molar-refractivity contribution in [1.82, 2.24) is 9.13 Å². The number of benzene rings is 6. The molecular weight excluding hydrogens is 587 g/mol. The number of hydrogen-bond donors (Lipinski definition) is 0. The molecular formula is C36H22IN2-. The van der Waals surface area contributed by atoms with Crippen molar-refractivity contribution < 1.29 is 21.2 Å². The molecule has 0 unspecified atom stereocenters. The molecule has 2 nitrogen and oxygen atoms in total. The monoisotopic (exact) mass is 609 g/mol. The molecule has 3 heterocycles. The summed E-state index contributed by atoms with van der Waals surface area (Å²) in [5.74, 6) is 0. The molecule has 184 valence electrons. The van der Waals surface area contributed by atoms with Gasteiger partial charge in [0.2, 0.25) is 0 Å². The van der Waals surface area contributed by atoms with Crippen LogP contribution in [0.2, 0.25) is 0 Å². The van der Waals surface area contributed by atoms with Crippen LogP contribution in [0.25, 0.3) is 66.1 Å². The Hall–Kier alpha value is -4.35. The second kappa shape index (κ2) is 8.08. The van der Waals surface area contributed by atoms with Crippen molar-refractivity contribution in [2.75, 3.05) is 0 Å². The van der Waals surface area contributed by atoms with E-state index in [2.05, 4.69) is 143 Å². The Labute approximate surface area is 236 Å². The molecule has 8 aromatic rings. The average molecular weight is 609 g/mol. The maximum absolute atomic E-state index is 2.50. The molecule has 0 N–H and O–H groups in total. The molecule has 0 atom stereocenters. The number of para-hydroxylation sites is 3. The molecule has 2 aromatic heterocycles. The predicted octanol–water partition coefficient (Wildman–Crippen LogP) is 5.99. The zero-order valence-electron chi connectivity index (χ0n) is 21.0. The molecule has 0 amide bonds. The molecule has 0 saturated heterocycles. The number of hydrogen-bond acceptors (Lipinski definition) is 0. The minimum absolute atomic E-state index is 0.241. The first-order chi connectivity index (χ1) is 19.4. The molecule has 3 heteroatoms. The number of fused-ring (bicyclic) bond motifs is 9. The second-order valence-corrected chi connectivity index (χ2v) is 12.9. The van der Waals surface area contributed by atoms with E-state index in [-0.39, 0.29) is 21.2 Å². The molecule has 0 radical (unpaired) electrons. The van der Waals surface area contributed by atoms with Crippen LogP contribution in [-0.2, 0) is 0 Å². The van der Waals surface area contributed by atoms with E-state index in [0.29, 0.717) is 0 Å². The van der Waals surface area contributed by atoms with Crippen LogP contribution in [0, 0.1) is 7.14 Å². The normalized spacial score (nSPS) is 12.7. The zero-order valence-corrected chi connectivity index (χ0v) is 23.1. The summed E-state index contributed by atoms with van der Waals surface area (Å²) in [5.41, 5.74) is 10.3. The number of aromatic nitrogens is 2. The summed E-state index contributed by atoms with van der Waals surface area (Å²) in [6, 6.07) is 49.2. The third-order valence-electron chi connectivity index (χ3n) is 8.07. The maximum atomic E-state index is 2.50. The van der Waals surface area contributed by atoms with E-state index in [0.717, 1.165) is 0 Å². The number of nitrogens with zero attached hydrogens (tertiary/aromatic N) is 2. The quantitative estimate of drug-likeness (QED) is 0.213. The molecule has 1 aliphatic heterocycles. The summed E-state index contributed by atoms with van der Waals surface area (Å²) in [6.07, 6.45) is 0. The van der Waals surface area contributed by atoms with Gasteiger partial charge in [-0.1, -0.05) is 0 Å². The van der Waals surface area contributed by atoms with Crippen LogP contribution >= 0.6 is 0 Å². The zero-order chi connectivity index (χ0) is 25.5. The molecule has 9 rings (SSSR count). The van der Waals surface area contributed by atoms with Gasteiger partial charge < -0.3 is 0 Å². The molecule has 0 aliphatic carbocycles. The Balaban J connectivity index is 1.34. The van der Waals surface area contributed by atoms with Crippen molar-refractivity contribution in [2.24, 2.45) is 0 Å². The van der Waals surface area contributed by atoms with E-state index in [9.17, 15) is 0 Å². The van der Waals surface area contributed by atoms with Crippen molar-refractivity contribution in [3.63, 3.8) is 0 Å². The van der Waals surface area contributed by atoms with Gasteiger partial charge in [-0.15, -0.1) is 0 Å². The first-order valence-electron chi connectivity index (χ1n) is 13.3. The van der Waals surface area contributed by atoms with Gasteiger partial charge in [0.15, 0.2) is 0 Å². The standard InChI is InChI=1S/C36H22IN2/c1-5-15-30-24(10-1)28-14-9-19-35(36(28)37-30)39-33-18-8-4-13-27(33)29-22-23(20-21-34(29)39)38-31-16-6-2-11-25(31)26-12-3-7-17-32(26)38/h1-22H/q-1. The molecule has 0 fully saturated rings. The fraction of sp³-hybridized carbons (Fsp3) is 0. The van der Waals surface area contributed by atoms with Gasteiger partial charge >= 0.3 is 237 Å². The van der Waals surface area contributed by atoms with Crippen molar-refractivity contribution in [2.45, 2.75) is 0 Å². The Morgan fingerprint density at radius 1 is 0.410 bits per heavy atom. The van der Waals surface area contributed by atoms with Gasteiger partial charge in [-0.25, -0.2) is 0 Å². The van der Waals surface area contributed by atoms with E-state index in [4.69, 9.17) is 0 Å². The second-order valence-electron chi connectivity index (χ2n) is 10.1. The van der Waals surface area contributed by atoms with E-state index < -0.39 is 0 Å². The Kier molecular flexibility index (Phi) is 4.47. The summed E-state index contributed by atoms with van der Waals surface area (Å²) in [4.78, 5) is 0. The van der Waals surface area contributed by atoms with Crippen molar-refractivity contribution in [3.8, 4) is 22.5 Å². The first-order valence-corrected chi connectivity index (χ1v) is 15.4. The van der Waals surface area contributed by atoms with Crippen LogP contribution < -0.4 is 21.2 Å². The van der Waals surface area contributed by atoms with E-state index in [1.807, 2.05) is 0 Å². The molecule has 1 aliphatic rings. The van der Waals surface area contributed by atoms with Crippen molar-refractivity contribution in [1.29, 1.82) is 0 Å². The Bertz CT molecular complexity index is 2210. The van der Waals surface area contributed by atoms with Crippen LogP contribution in [0.15, 0.2) is 133 Å². The van der Waals surface area contributed by atoms with E-state index in [1.165, 1.54) is 73.3 Å². The van der Waals surface area contributed by atoms with E-state index >= 15 is 0 Å². The minimum atomic E-state index is -0.241. The van der Waals surface area contributed by atoms with Gasteiger partial charge in [0.25, 0.3) is 0 Å². The molecule has 0 spiro atoms. The predicted molar refractivity (Wildman–Crippen MR) is 158 cm³/mol. The van der Waals surface area contributed by atoms with Crippen molar-refractivity contribution >= 4 is 43.6 Å². The average Bonchev–Trinajstić information content (AvgIpc) is 3.65. The molecule has 0 saturated carbocycles. The van der Waals surface area contributed by atoms with Gasteiger partial charge in [-0.2, -0.15) is 0 Å². The van der Waals surface area contributed by atoms with Crippen LogP contribution in [0.3, 0.4) is 0 Å². The fourth-order valence-corrected chi connectivity index (χ4v) is 9.61. The van der Waals surface area contributed by atoms with Gasteiger partial charge in [0.05, 0.1) is 0 Å². The van der Waals surface area contributed by atoms with Crippen LogP contribution in [-0.4, -0.2) is 9.13 Å². The summed E-state index contributed by atoms with van der Waals surface area (Å²) >= 11 is -0.241. The number of halogens is 1. The summed E-state index contributed by atoms with van der Waals surface area (Å²) < 4.78 is 7.96. The van der Waals surface area contributed by atoms with Gasteiger partial charge in [0.1, 0.15) is 0 Å². The molecule has 39 heavy (non-hydrogen) atoms. The Morgan fingerprint density at radius 2 is 0.974 bits per heavy atom. The van der Waals surface area contributed by atoms with Gasteiger partial charge in [-0.05, 0) is 0 Å². The topological polar surface area (TPSA) is 9.86 Å². The van der Waals surface area contributed by atoms with Crippen LogP contribution in [0.4, 0.5) is 0 Å². The van der Waals surface area contributed by atoms with E-state index in [1.54, 1.807) is 0 Å². The third-order valence-corrected chi connectivity index (χ3v) is 11.3. The van der Waals surface area contributed by atoms with Gasteiger partial charge in [-0.3, -0.25) is 0 Å². The summed E-state index contributed by atoms with van der Waals surface area (Å²) in [7, 11) is 0. The molecule has 0 bridgehead atoms. The first kappa shape index (κ1) is 21.6. The SMILES string of the molecule is c1ccc2c(c1)[I-]c1c-2cccc1-n1c2ccccc2c2cc(-n3c4ccccc4c4ccccc43)ccc21. The van der Waals surface area contributed by atoms with Crippen LogP contribution in [0.5, 0.6) is 0 Å². The van der Waals surface area contributed by atoms with Crippen LogP contribution in [0.1, 0.15) is 0 Å². The third kappa shape index (κ3) is 2.96.